The smallest absolute Gasteiger partial charge is 0.212 e. The van der Waals surface area contributed by atoms with Gasteiger partial charge in [-0.05, 0) is 42.8 Å². The van der Waals surface area contributed by atoms with Crippen LogP contribution in [0.2, 0.25) is 0 Å². The van der Waals surface area contributed by atoms with Gasteiger partial charge in [-0.25, -0.2) is 0 Å². The number of hydrogen-bond acceptors (Lipinski definition) is 5. The van der Waals surface area contributed by atoms with Crippen molar-refractivity contribution in [2.45, 2.75) is 25.9 Å². The van der Waals surface area contributed by atoms with Crippen molar-refractivity contribution in [1.82, 2.24) is 14.9 Å². The van der Waals surface area contributed by atoms with Crippen LogP contribution in [0.15, 0.2) is 58.8 Å². The number of thioether (sulfide) groups is 1. The number of benzene rings is 2. The highest BCUT2D eigenvalue weighted by Gasteiger charge is 2.20. The second-order valence-corrected chi connectivity index (χ2v) is 6.49. The molecule has 2 heterocycles. The Labute approximate surface area is 158 Å². The average molecular weight is 366 g/mol. The first-order chi connectivity index (χ1) is 12.7. The number of rotatable bonds is 3. The third kappa shape index (κ3) is 3.65. The van der Waals surface area contributed by atoms with Crippen LogP contribution in [0.1, 0.15) is 25.0 Å². The van der Waals surface area contributed by atoms with Gasteiger partial charge in [0.05, 0.1) is 12.8 Å². The van der Waals surface area contributed by atoms with Gasteiger partial charge in [-0.2, -0.15) is 9.78 Å². The predicted molar refractivity (Wildman–Crippen MR) is 107 cm³/mol. The Kier molecular flexibility index (Phi) is 5.73. The summed E-state index contributed by atoms with van der Waals surface area (Å²) >= 11 is 1.65. The molecule has 0 N–H and O–H groups in total. The number of aromatic nitrogens is 3. The molecule has 0 bridgehead atoms. The summed E-state index contributed by atoms with van der Waals surface area (Å²) in [5.41, 5.74) is 4.29. The molecule has 134 valence electrons. The minimum atomic E-state index is 0.770. The minimum Gasteiger partial charge on any atom is -0.497 e. The van der Waals surface area contributed by atoms with Crippen molar-refractivity contribution in [3.05, 3.63) is 59.7 Å². The summed E-state index contributed by atoms with van der Waals surface area (Å²) < 4.78 is 7.05. The molecule has 0 saturated carbocycles. The van der Waals surface area contributed by atoms with Crippen molar-refractivity contribution >= 4 is 17.5 Å². The Bertz CT molecular complexity index is 916. The van der Waals surface area contributed by atoms with E-state index < -0.39 is 0 Å². The van der Waals surface area contributed by atoms with E-state index in [0.717, 1.165) is 39.3 Å². The number of aryl methyl sites for hydroxylation is 1. The first kappa shape index (κ1) is 18.2. The molecule has 3 aromatic rings. The molecule has 0 amide bonds. The molecule has 0 aliphatic carbocycles. The Hall–Kier alpha value is -2.60. The molecule has 0 unspecified atom stereocenters. The van der Waals surface area contributed by atoms with Crippen LogP contribution in [-0.4, -0.2) is 33.4 Å². The molecule has 2 aromatic carbocycles. The summed E-state index contributed by atoms with van der Waals surface area (Å²) in [6.07, 6.45) is 0. The van der Waals surface area contributed by atoms with Gasteiger partial charge >= 0.3 is 0 Å². The van der Waals surface area contributed by atoms with Crippen molar-refractivity contribution in [3.63, 3.8) is 0 Å². The lowest BCUT2D eigenvalue weighted by molar-refractivity contribution is 0.415. The van der Waals surface area contributed by atoms with Gasteiger partial charge < -0.3 is 4.74 Å². The summed E-state index contributed by atoms with van der Waals surface area (Å²) in [5, 5.41) is 14.2. The van der Waals surface area contributed by atoms with Gasteiger partial charge in [0.15, 0.2) is 5.82 Å². The van der Waals surface area contributed by atoms with Gasteiger partial charge in [-0.1, -0.05) is 49.4 Å². The largest absolute Gasteiger partial charge is 0.497 e. The third-order valence-corrected chi connectivity index (χ3v) is 4.80. The first-order valence-corrected chi connectivity index (χ1v) is 9.61. The van der Waals surface area contributed by atoms with E-state index in [1.54, 1.807) is 18.9 Å². The van der Waals surface area contributed by atoms with Gasteiger partial charge in [0, 0.05) is 11.3 Å². The van der Waals surface area contributed by atoms with E-state index in [1.165, 1.54) is 5.56 Å². The summed E-state index contributed by atoms with van der Waals surface area (Å²) in [4.78, 5) is 0. The molecule has 6 heteroatoms. The van der Waals surface area contributed by atoms with Crippen molar-refractivity contribution in [1.29, 1.82) is 0 Å². The van der Waals surface area contributed by atoms with Gasteiger partial charge in [0.25, 0.3) is 0 Å². The predicted octanol–water partition coefficient (Wildman–Crippen LogP) is 4.65. The lowest BCUT2D eigenvalue weighted by Gasteiger charge is -2.14. The highest BCUT2D eigenvalue weighted by Crippen LogP contribution is 2.29. The number of methoxy groups -OCH3 is 1. The molecule has 26 heavy (non-hydrogen) atoms. The van der Waals surface area contributed by atoms with E-state index in [9.17, 15) is 0 Å². The van der Waals surface area contributed by atoms with E-state index in [-0.39, 0.29) is 0 Å². The van der Waals surface area contributed by atoms with Crippen LogP contribution in [0.4, 0.5) is 0 Å². The zero-order chi connectivity index (χ0) is 18.5. The first-order valence-electron chi connectivity index (χ1n) is 8.62. The summed E-state index contributed by atoms with van der Waals surface area (Å²) in [6.45, 7) is 6.07. The fourth-order valence-corrected chi connectivity index (χ4v) is 3.46. The Morgan fingerprint density at radius 1 is 1.00 bits per heavy atom. The maximum absolute atomic E-state index is 5.22. The van der Waals surface area contributed by atoms with Crippen LogP contribution < -0.4 is 4.74 Å². The lowest BCUT2D eigenvalue weighted by Crippen LogP contribution is -2.13. The van der Waals surface area contributed by atoms with Crippen LogP contribution in [0.5, 0.6) is 5.75 Å². The normalized spacial score (nSPS) is 12.5. The Balaban J connectivity index is 0.000000948. The fraction of sp³-hybridized carbons (Fsp3) is 0.250. The standard InChI is InChI=1S/C18H16N4OS.C2H6/c1-12-4-3-5-14(10-12)17-19-20-18-22(17)21-16(11-24-18)13-6-8-15(23-2)9-7-13;1-2/h3-10H,11H2,1-2H3;1-2H3. The Morgan fingerprint density at radius 2 is 1.77 bits per heavy atom. The molecule has 1 aromatic heterocycles. The van der Waals surface area contributed by atoms with Gasteiger partial charge in [0.1, 0.15) is 5.75 Å². The quantitative estimate of drug-likeness (QED) is 0.677. The number of nitrogens with zero attached hydrogens (tertiary/aromatic N) is 4. The molecule has 5 nitrogen and oxygen atoms in total. The van der Waals surface area contributed by atoms with Crippen molar-refractivity contribution in [2.75, 3.05) is 12.9 Å². The summed E-state index contributed by atoms with van der Waals surface area (Å²) in [5.74, 6) is 2.39. The average Bonchev–Trinajstić information content (AvgIpc) is 3.13. The third-order valence-electron chi connectivity index (χ3n) is 3.87. The molecule has 0 saturated heterocycles. The number of fused-ring (bicyclic) bond motifs is 1. The van der Waals surface area contributed by atoms with Crippen molar-refractivity contribution in [2.24, 2.45) is 5.10 Å². The Morgan fingerprint density at radius 3 is 2.46 bits per heavy atom. The molecule has 1 aliphatic heterocycles. The van der Waals surface area contributed by atoms with Gasteiger partial charge in [-0.15, -0.1) is 10.2 Å². The fourth-order valence-electron chi connectivity index (χ4n) is 2.62. The maximum atomic E-state index is 5.22. The van der Waals surface area contributed by atoms with Crippen molar-refractivity contribution in [3.8, 4) is 17.1 Å². The van der Waals surface area contributed by atoms with E-state index in [0.29, 0.717) is 0 Å². The van der Waals surface area contributed by atoms with Crippen LogP contribution in [0.25, 0.3) is 11.4 Å². The van der Waals surface area contributed by atoms with Crippen molar-refractivity contribution < 1.29 is 4.74 Å². The van der Waals surface area contributed by atoms with Gasteiger partial charge in [0.2, 0.25) is 5.16 Å². The number of hydrogen-bond donors (Lipinski definition) is 0. The zero-order valence-corrected chi connectivity index (χ0v) is 16.2. The molecular weight excluding hydrogens is 344 g/mol. The second kappa shape index (κ2) is 8.19. The van der Waals surface area contributed by atoms with Crippen LogP contribution >= 0.6 is 11.8 Å². The number of ether oxygens (including phenoxy) is 1. The van der Waals surface area contributed by atoms with Crippen LogP contribution in [0, 0.1) is 6.92 Å². The molecule has 0 radical (unpaired) electrons. The van der Waals surface area contributed by atoms with E-state index >= 15 is 0 Å². The van der Waals surface area contributed by atoms with Crippen LogP contribution in [-0.2, 0) is 0 Å². The minimum absolute atomic E-state index is 0.770. The summed E-state index contributed by atoms with van der Waals surface area (Å²) in [6, 6.07) is 16.2. The van der Waals surface area contributed by atoms with E-state index in [2.05, 4.69) is 29.3 Å². The lowest BCUT2D eigenvalue weighted by atomic mass is 10.1. The molecule has 0 fully saturated rings. The highest BCUT2D eigenvalue weighted by atomic mass is 32.2. The highest BCUT2D eigenvalue weighted by molar-refractivity contribution is 7.99. The SMILES string of the molecule is CC.COc1ccc(C2=Nn3c(nnc3-c3cccc(C)c3)SC2)cc1. The molecule has 0 atom stereocenters. The second-order valence-electron chi connectivity index (χ2n) is 5.55. The monoisotopic (exact) mass is 366 g/mol. The molecule has 4 rings (SSSR count). The molecule has 1 aliphatic rings. The summed E-state index contributed by atoms with van der Waals surface area (Å²) in [7, 11) is 1.67. The zero-order valence-electron chi connectivity index (χ0n) is 15.4. The molecular formula is C20H22N4OS. The van der Waals surface area contributed by atoms with Crippen LogP contribution in [0.3, 0.4) is 0 Å². The maximum Gasteiger partial charge on any atom is 0.212 e. The van der Waals surface area contributed by atoms with E-state index in [1.807, 2.05) is 54.9 Å². The topological polar surface area (TPSA) is 52.3 Å². The van der Waals surface area contributed by atoms with E-state index in [4.69, 9.17) is 9.84 Å². The molecule has 0 spiro atoms. The van der Waals surface area contributed by atoms with Gasteiger partial charge in [-0.3, -0.25) is 0 Å².